The van der Waals surface area contributed by atoms with E-state index in [0.717, 1.165) is 6.08 Å². The maximum Gasteiger partial charge on any atom is 0.312 e. The zero-order chi connectivity index (χ0) is 39.1. The van der Waals surface area contributed by atoms with Crippen molar-refractivity contribution in [3.05, 3.63) is 23.8 Å². The van der Waals surface area contributed by atoms with Crippen LogP contribution in [0, 0.1) is 28.6 Å². The molecule has 4 aliphatic carbocycles. The summed E-state index contributed by atoms with van der Waals surface area (Å²) in [5, 5.41) is 21.9. The number of ketones is 2. The van der Waals surface area contributed by atoms with Gasteiger partial charge in [-0.3, -0.25) is 24.0 Å². The minimum Gasteiger partial charge on any atom is -0.390 e. The number of alkyl halides is 2. The van der Waals surface area contributed by atoms with E-state index in [1.54, 1.807) is 20.8 Å². The first kappa shape index (κ1) is 40.4. The third kappa shape index (κ3) is 6.68. The van der Waals surface area contributed by atoms with E-state index in [1.165, 1.54) is 19.1 Å². The summed E-state index contributed by atoms with van der Waals surface area (Å²) in [5.74, 6) is -4.47. The molecule has 1 heterocycles. The Labute approximate surface area is 307 Å². The highest BCUT2D eigenvalue weighted by molar-refractivity contribution is 6.01. The van der Waals surface area contributed by atoms with Gasteiger partial charge in [0.05, 0.1) is 18.8 Å². The second kappa shape index (κ2) is 15.2. The van der Waals surface area contributed by atoms with E-state index in [4.69, 9.17) is 15.2 Å². The molecule has 12 atom stereocenters. The number of urea groups is 1. The largest absolute Gasteiger partial charge is 0.390 e. The SMILES string of the molecule is CCCC1O[C@@H]2C[C@H]3[C@@H]4C[C@H](F)C5=CC(=O)C=C[C@]5(C)[C@@]4(F)[C@@H](O)C[C@]3(C)[C@]2(C(=O)CNC(=O)[C@H](CCCNC(N)=O)NC(=O)[C@@H](NC=O)C(C)C)O1. The van der Waals surface area contributed by atoms with E-state index in [-0.39, 0.29) is 50.1 Å². The van der Waals surface area contributed by atoms with Gasteiger partial charge < -0.3 is 41.6 Å². The summed E-state index contributed by atoms with van der Waals surface area (Å²) < 4.78 is 46.7. The Morgan fingerprint density at radius 1 is 1.13 bits per heavy atom. The second-order valence-corrected chi connectivity index (χ2v) is 15.9. The Morgan fingerprint density at radius 3 is 2.49 bits per heavy atom. The first-order chi connectivity index (χ1) is 24.9. The van der Waals surface area contributed by atoms with Gasteiger partial charge in [0.1, 0.15) is 18.3 Å². The molecule has 0 bridgehead atoms. The van der Waals surface area contributed by atoms with E-state index in [0.29, 0.717) is 19.3 Å². The first-order valence-corrected chi connectivity index (χ1v) is 18.5. The van der Waals surface area contributed by atoms with Crippen LogP contribution in [0.1, 0.15) is 79.6 Å². The summed E-state index contributed by atoms with van der Waals surface area (Å²) in [6.45, 7) is 8.11. The zero-order valence-corrected chi connectivity index (χ0v) is 30.9. The van der Waals surface area contributed by atoms with Crippen molar-refractivity contribution in [2.24, 2.45) is 34.3 Å². The van der Waals surface area contributed by atoms with Gasteiger partial charge in [0.25, 0.3) is 0 Å². The van der Waals surface area contributed by atoms with Crippen LogP contribution in [0.3, 0.4) is 0 Å². The fourth-order valence-electron chi connectivity index (χ4n) is 10.0. The van der Waals surface area contributed by atoms with Gasteiger partial charge in [0, 0.05) is 23.3 Å². The van der Waals surface area contributed by atoms with Gasteiger partial charge >= 0.3 is 6.03 Å². The number of amides is 5. The second-order valence-electron chi connectivity index (χ2n) is 15.9. The van der Waals surface area contributed by atoms with Crippen molar-refractivity contribution in [2.75, 3.05) is 13.1 Å². The number of aliphatic hydroxyl groups is 1. The molecule has 3 saturated carbocycles. The van der Waals surface area contributed by atoms with Crippen molar-refractivity contribution in [2.45, 2.75) is 128 Å². The molecule has 14 nitrogen and oxygen atoms in total. The highest BCUT2D eigenvalue weighted by Gasteiger charge is 2.80. The molecular weight excluding hydrogens is 696 g/mol. The number of nitrogens with one attached hydrogen (secondary N) is 4. The molecule has 5 aliphatic rings. The lowest BCUT2D eigenvalue weighted by Crippen LogP contribution is -2.71. The number of nitrogens with two attached hydrogens (primary N) is 1. The summed E-state index contributed by atoms with van der Waals surface area (Å²) in [7, 11) is 0. The van der Waals surface area contributed by atoms with Crippen molar-refractivity contribution in [3.8, 4) is 0 Å². The van der Waals surface area contributed by atoms with Crippen LogP contribution in [-0.2, 0) is 33.4 Å². The number of Topliss-reactive ketones (excluding diaryl/α,β-unsaturated/α-hetero) is 1. The summed E-state index contributed by atoms with van der Waals surface area (Å²) in [6.07, 6.45) is -0.0418. The Morgan fingerprint density at radius 2 is 1.85 bits per heavy atom. The zero-order valence-electron chi connectivity index (χ0n) is 30.9. The lowest BCUT2D eigenvalue weighted by molar-refractivity contribution is -0.234. The number of rotatable bonds is 15. The van der Waals surface area contributed by atoms with E-state index in [9.17, 15) is 33.9 Å². The summed E-state index contributed by atoms with van der Waals surface area (Å²) >= 11 is 0. The van der Waals surface area contributed by atoms with Crippen LogP contribution in [0.2, 0.25) is 0 Å². The molecule has 1 aliphatic heterocycles. The van der Waals surface area contributed by atoms with Gasteiger partial charge in [-0.1, -0.05) is 40.2 Å². The molecule has 294 valence electrons. The molecule has 4 fully saturated rings. The Hall–Kier alpha value is -3.76. The number of primary amides is 1. The van der Waals surface area contributed by atoms with Crippen LogP contribution < -0.4 is 27.0 Å². The minimum atomic E-state index is -2.37. The average molecular weight is 750 g/mol. The van der Waals surface area contributed by atoms with Gasteiger partial charge in [-0.15, -0.1) is 0 Å². The normalized spacial score (nSPS) is 38.0. The van der Waals surface area contributed by atoms with Gasteiger partial charge in [0.2, 0.25) is 18.2 Å². The van der Waals surface area contributed by atoms with Crippen LogP contribution in [0.25, 0.3) is 0 Å². The minimum absolute atomic E-state index is 0.0117. The molecule has 5 rings (SSSR count). The van der Waals surface area contributed by atoms with Gasteiger partial charge in [-0.2, -0.15) is 0 Å². The lowest BCUT2D eigenvalue weighted by atomic mass is 9.44. The molecule has 0 aromatic rings. The molecule has 0 radical (unpaired) electrons. The van der Waals surface area contributed by atoms with E-state index >= 15 is 8.78 Å². The van der Waals surface area contributed by atoms with E-state index in [2.05, 4.69) is 21.3 Å². The Kier molecular flexibility index (Phi) is 11.6. The first-order valence-electron chi connectivity index (χ1n) is 18.5. The van der Waals surface area contributed by atoms with Gasteiger partial charge in [0.15, 0.2) is 29.1 Å². The van der Waals surface area contributed by atoms with Crippen LogP contribution in [-0.4, -0.2) is 102 Å². The molecule has 0 aromatic heterocycles. The number of aliphatic hydroxyl groups excluding tert-OH is 1. The number of carbonyl (C=O) groups is 6. The highest BCUT2D eigenvalue weighted by atomic mass is 19.1. The fourth-order valence-corrected chi connectivity index (χ4v) is 10.0. The van der Waals surface area contributed by atoms with Crippen LogP contribution in [0.15, 0.2) is 23.8 Å². The number of fused-ring (bicyclic) bond motifs is 7. The third-order valence-electron chi connectivity index (χ3n) is 12.6. The molecule has 16 heteroatoms. The predicted molar refractivity (Wildman–Crippen MR) is 186 cm³/mol. The van der Waals surface area contributed by atoms with Crippen LogP contribution in [0.4, 0.5) is 13.6 Å². The van der Waals surface area contributed by atoms with Crippen LogP contribution >= 0.6 is 0 Å². The number of ether oxygens (including phenoxy) is 2. The standard InChI is InChI=1S/C37H53F2N5O9/c1-6-8-29-52-28-15-21-22-14-24(38)23-13-20(46)10-11-34(23,4)36(22,39)26(47)16-35(21,5)37(28,53-29)27(48)17-42-31(49)25(9-7-12-41-33(40)51)44-32(50)30(19(2)3)43-18-45/h10-11,13,18-19,21-22,24-26,28-30,47H,6-9,12,14-17H2,1-5H3,(H,42,49)(H,43,45)(H,44,50)(H3,40,41,51)/t21-,22-,24-,25-,26-,28+,29?,30-,34-,35-,36-,37+/m0/s1. The molecule has 53 heavy (non-hydrogen) atoms. The summed E-state index contributed by atoms with van der Waals surface area (Å²) in [5.41, 5.74) is -1.84. The molecule has 0 aromatic carbocycles. The van der Waals surface area contributed by atoms with Crippen molar-refractivity contribution < 1.29 is 52.1 Å². The molecule has 7 N–H and O–H groups in total. The average Bonchev–Trinajstić information content (AvgIpc) is 3.57. The van der Waals surface area contributed by atoms with E-state index in [1.807, 2.05) is 6.92 Å². The van der Waals surface area contributed by atoms with E-state index < -0.39 is 107 Å². The number of halogens is 2. The third-order valence-corrected chi connectivity index (χ3v) is 12.6. The van der Waals surface area contributed by atoms with Crippen molar-refractivity contribution in [3.63, 3.8) is 0 Å². The molecule has 0 spiro atoms. The Bertz CT molecular complexity index is 1560. The topological polar surface area (TPSA) is 215 Å². The van der Waals surface area contributed by atoms with Gasteiger partial charge in [-0.05, 0) is 75.0 Å². The maximum atomic E-state index is 17.8. The number of carbonyl (C=O) groups excluding carboxylic acids is 6. The molecule has 1 saturated heterocycles. The molecule has 5 amide bonds. The maximum absolute atomic E-state index is 17.8. The summed E-state index contributed by atoms with van der Waals surface area (Å²) in [6, 6.07) is -2.90. The van der Waals surface area contributed by atoms with Crippen molar-refractivity contribution >= 4 is 35.8 Å². The predicted octanol–water partition coefficient (Wildman–Crippen LogP) is 1.58. The quantitative estimate of drug-likeness (QED) is 0.106. The molecular formula is C37H53F2N5O9. The smallest absolute Gasteiger partial charge is 0.312 e. The summed E-state index contributed by atoms with van der Waals surface area (Å²) in [4.78, 5) is 76.0. The number of hydrogen-bond acceptors (Lipinski definition) is 9. The highest BCUT2D eigenvalue weighted by Crippen LogP contribution is 2.72. The fraction of sp³-hybridized carbons (Fsp3) is 0.730. The number of allylic oxidation sites excluding steroid dienone is 4. The van der Waals surface area contributed by atoms with Crippen molar-refractivity contribution in [1.29, 1.82) is 0 Å². The van der Waals surface area contributed by atoms with Crippen LogP contribution in [0.5, 0.6) is 0 Å². The molecule has 1 unspecified atom stereocenters. The van der Waals surface area contributed by atoms with Crippen molar-refractivity contribution in [1.82, 2.24) is 21.3 Å². The number of hydrogen-bond donors (Lipinski definition) is 6. The monoisotopic (exact) mass is 749 g/mol. The lowest BCUT2D eigenvalue weighted by Gasteiger charge is -2.63. The Balaban J connectivity index is 1.42. The van der Waals surface area contributed by atoms with Gasteiger partial charge in [-0.25, -0.2) is 13.6 Å².